The van der Waals surface area contributed by atoms with E-state index in [1.54, 1.807) is 30.5 Å². The van der Waals surface area contributed by atoms with Gasteiger partial charge < -0.3 is 4.74 Å². The van der Waals surface area contributed by atoms with Crippen LogP contribution in [0.3, 0.4) is 0 Å². The first-order valence-corrected chi connectivity index (χ1v) is 5.26. The Hall–Kier alpha value is -1.28. The van der Waals surface area contributed by atoms with E-state index in [0.29, 0.717) is 17.2 Å². The van der Waals surface area contributed by atoms with Crippen LogP contribution in [-0.2, 0) is 4.74 Å². The number of hydrogen-bond acceptors (Lipinski definition) is 2. The lowest BCUT2D eigenvalue weighted by molar-refractivity contribution is 0.101. The molecule has 0 saturated carbocycles. The lowest BCUT2D eigenvalue weighted by Crippen LogP contribution is -2.09. The lowest BCUT2D eigenvalue weighted by atomic mass is 10.00. The second-order valence-electron chi connectivity index (χ2n) is 3.45. The third-order valence-corrected chi connectivity index (χ3v) is 2.58. The molecule has 2 nitrogen and oxygen atoms in total. The summed E-state index contributed by atoms with van der Waals surface area (Å²) in [5.41, 5.74) is 1.40. The van der Waals surface area contributed by atoms with Gasteiger partial charge in [-0.15, -0.1) is 0 Å². The number of rotatable bonds is 2. The Morgan fingerprint density at radius 1 is 1.27 bits per heavy atom. The van der Waals surface area contributed by atoms with E-state index in [1.807, 2.05) is 0 Å². The normalized spacial score (nSPS) is 15.4. The number of halogens is 1. The van der Waals surface area contributed by atoms with Crippen LogP contribution >= 0.6 is 11.6 Å². The fraction of sp³-hybridized carbons (Fsp3) is 0.250. The summed E-state index contributed by atoms with van der Waals surface area (Å²) in [4.78, 5) is 11.9. The second kappa shape index (κ2) is 4.49. The van der Waals surface area contributed by atoms with Crippen molar-refractivity contribution in [3.05, 3.63) is 46.7 Å². The minimum Gasteiger partial charge on any atom is -0.501 e. The molecule has 0 N–H and O–H groups in total. The molecule has 0 radical (unpaired) electrons. The molecule has 0 unspecified atom stereocenters. The van der Waals surface area contributed by atoms with E-state index in [2.05, 4.69) is 0 Å². The van der Waals surface area contributed by atoms with Crippen molar-refractivity contribution in [3.63, 3.8) is 0 Å². The van der Waals surface area contributed by atoms with E-state index in [-0.39, 0.29) is 5.78 Å². The van der Waals surface area contributed by atoms with Crippen molar-refractivity contribution in [1.29, 1.82) is 0 Å². The standard InChI is InChI=1S/C12H11ClO2/c13-11-5-3-9(4-6-11)12(14)10-2-1-7-15-8-10/h3-6,8H,1-2,7H2. The van der Waals surface area contributed by atoms with Crippen LogP contribution in [0.5, 0.6) is 0 Å². The van der Waals surface area contributed by atoms with Gasteiger partial charge in [-0.1, -0.05) is 11.6 Å². The molecule has 0 aromatic heterocycles. The van der Waals surface area contributed by atoms with Crippen LogP contribution in [0.4, 0.5) is 0 Å². The van der Waals surface area contributed by atoms with Gasteiger partial charge in [0.2, 0.25) is 0 Å². The molecule has 3 heteroatoms. The minimum absolute atomic E-state index is 0.0337. The van der Waals surface area contributed by atoms with Crippen molar-refractivity contribution in [2.75, 3.05) is 6.61 Å². The van der Waals surface area contributed by atoms with Gasteiger partial charge in [0.1, 0.15) is 0 Å². The molecular formula is C12H11ClO2. The van der Waals surface area contributed by atoms with Crippen molar-refractivity contribution in [2.24, 2.45) is 0 Å². The van der Waals surface area contributed by atoms with Crippen LogP contribution in [-0.4, -0.2) is 12.4 Å². The van der Waals surface area contributed by atoms with Gasteiger partial charge in [0.25, 0.3) is 0 Å². The van der Waals surface area contributed by atoms with E-state index < -0.39 is 0 Å². The molecule has 0 saturated heterocycles. The molecule has 0 amide bonds. The summed E-state index contributed by atoms with van der Waals surface area (Å²) in [7, 11) is 0. The average Bonchev–Trinajstić information content (AvgIpc) is 2.30. The number of benzene rings is 1. The van der Waals surface area contributed by atoms with Crippen molar-refractivity contribution >= 4 is 17.4 Å². The quantitative estimate of drug-likeness (QED) is 0.719. The Kier molecular flexibility index (Phi) is 3.07. The van der Waals surface area contributed by atoms with Crippen molar-refractivity contribution in [1.82, 2.24) is 0 Å². The number of ether oxygens (including phenoxy) is 1. The maximum atomic E-state index is 11.9. The molecule has 0 bridgehead atoms. The zero-order valence-electron chi connectivity index (χ0n) is 8.20. The van der Waals surface area contributed by atoms with E-state index in [9.17, 15) is 4.79 Å². The Morgan fingerprint density at radius 3 is 2.60 bits per heavy atom. The Balaban J connectivity index is 2.20. The maximum Gasteiger partial charge on any atom is 0.192 e. The molecule has 0 spiro atoms. The van der Waals surface area contributed by atoms with Gasteiger partial charge in [-0.3, -0.25) is 4.79 Å². The predicted molar refractivity (Wildman–Crippen MR) is 59.1 cm³/mol. The zero-order chi connectivity index (χ0) is 10.7. The van der Waals surface area contributed by atoms with Gasteiger partial charge in [0.05, 0.1) is 12.9 Å². The van der Waals surface area contributed by atoms with Crippen LogP contribution in [0.1, 0.15) is 23.2 Å². The Morgan fingerprint density at radius 2 is 2.00 bits per heavy atom. The highest BCUT2D eigenvalue weighted by molar-refractivity contribution is 6.30. The SMILES string of the molecule is O=C(C1=COCCC1)c1ccc(Cl)cc1. The summed E-state index contributed by atoms with van der Waals surface area (Å²) in [6, 6.07) is 6.91. The zero-order valence-corrected chi connectivity index (χ0v) is 8.96. The van der Waals surface area contributed by atoms with Gasteiger partial charge in [-0.05, 0) is 37.1 Å². The summed E-state index contributed by atoms with van der Waals surface area (Å²) >= 11 is 5.75. The molecule has 1 heterocycles. The second-order valence-corrected chi connectivity index (χ2v) is 3.89. The smallest absolute Gasteiger partial charge is 0.192 e. The summed E-state index contributed by atoms with van der Waals surface area (Å²) < 4.78 is 5.14. The van der Waals surface area contributed by atoms with E-state index in [1.165, 1.54) is 0 Å². The van der Waals surface area contributed by atoms with Crippen LogP contribution < -0.4 is 0 Å². The number of carbonyl (C=O) groups excluding carboxylic acids is 1. The van der Waals surface area contributed by atoms with Gasteiger partial charge in [0.15, 0.2) is 5.78 Å². The molecule has 0 atom stereocenters. The minimum atomic E-state index is 0.0337. The van der Waals surface area contributed by atoms with Crippen LogP contribution in [0.2, 0.25) is 5.02 Å². The van der Waals surface area contributed by atoms with Gasteiger partial charge in [-0.2, -0.15) is 0 Å². The Labute approximate surface area is 93.5 Å². The summed E-state index contributed by atoms with van der Waals surface area (Å²) in [6.45, 7) is 0.706. The highest BCUT2D eigenvalue weighted by Gasteiger charge is 2.14. The molecule has 1 aromatic rings. The first kappa shape index (κ1) is 10.2. The topological polar surface area (TPSA) is 26.3 Å². The molecular weight excluding hydrogens is 212 g/mol. The summed E-state index contributed by atoms with van der Waals surface area (Å²) in [5, 5.41) is 0.639. The number of allylic oxidation sites excluding steroid dienone is 1. The maximum absolute atomic E-state index is 11.9. The number of carbonyl (C=O) groups is 1. The third kappa shape index (κ3) is 2.39. The van der Waals surface area contributed by atoms with Crippen LogP contribution in [0, 0.1) is 0 Å². The van der Waals surface area contributed by atoms with Crippen LogP contribution in [0.15, 0.2) is 36.1 Å². The van der Waals surface area contributed by atoms with Crippen molar-refractivity contribution < 1.29 is 9.53 Å². The molecule has 2 rings (SSSR count). The van der Waals surface area contributed by atoms with Crippen molar-refractivity contribution in [2.45, 2.75) is 12.8 Å². The molecule has 15 heavy (non-hydrogen) atoms. The fourth-order valence-corrected chi connectivity index (χ4v) is 1.64. The number of Topliss-reactive ketones (excluding diaryl/α,β-unsaturated/α-hetero) is 1. The molecule has 1 aromatic carbocycles. The summed E-state index contributed by atoms with van der Waals surface area (Å²) in [5.74, 6) is 0.0337. The van der Waals surface area contributed by atoms with Gasteiger partial charge in [0, 0.05) is 16.2 Å². The van der Waals surface area contributed by atoms with Gasteiger partial charge in [-0.25, -0.2) is 0 Å². The lowest BCUT2D eigenvalue weighted by Gasteiger charge is -2.12. The van der Waals surface area contributed by atoms with Crippen molar-refractivity contribution in [3.8, 4) is 0 Å². The molecule has 1 aliphatic heterocycles. The molecule has 78 valence electrons. The first-order valence-electron chi connectivity index (χ1n) is 4.88. The van der Waals surface area contributed by atoms with E-state index >= 15 is 0 Å². The fourth-order valence-electron chi connectivity index (χ4n) is 1.52. The monoisotopic (exact) mass is 222 g/mol. The van der Waals surface area contributed by atoms with E-state index in [0.717, 1.165) is 18.4 Å². The van der Waals surface area contributed by atoms with Gasteiger partial charge >= 0.3 is 0 Å². The number of hydrogen-bond donors (Lipinski definition) is 0. The van der Waals surface area contributed by atoms with Crippen LogP contribution in [0.25, 0.3) is 0 Å². The first-order chi connectivity index (χ1) is 7.27. The molecule has 0 aliphatic carbocycles. The highest BCUT2D eigenvalue weighted by atomic mass is 35.5. The molecule has 1 aliphatic rings. The predicted octanol–water partition coefficient (Wildman–Crippen LogP) is 3.22. The summed E-state index contributed by atoms with van der Waals surface area (Å²) in [6.07, 6.45) is 3.27. The van der Waals surface area contributed by atoms with E-state index in [4.69, 9.17) is 16.3 Å². The molecule has 0 fully saturated rings. The largest absolute Gasteiger partial charge is 0.501 e. The Bertz CT molecular complexity index is 393. The third-order valence-electron chi connectivity index (χ3n) is 2.33. The average molecular weight is 223 g/mol. The number of ketones is 1. The highest BCUT2D eigenvalue weighted by Crippen LogP contribution is 2.18.